The van der Waals surface area contributed by atoms with Gasteiger partial charge in [0.05, 0.1) is 11.8 Å². The molecule has 0 aliphatic rings. The predicted octanol–water partition coefficient (Wildman–Crippen LogP) is 2.30. The van der Waals surface area contributed by atoms with E-state index in [0.29, 0.717) is 18.0 Å². The first-order chi connectivity index (χ1) is 10.4. The van der Waals surface area contributed by atoms with Crippen molar-refractivity contribution in [2.45, 2.75) is 24.8 Å². The molecular weight excluding hydrogens is 317 g/mol. The molecule has 1 aromatic rings. The van der Waals surface area contributed by atoms with Gasteiger partial charge < -0.3 is 11.1 Å². The number of nitrogens with two attached hydrogens (primary N) is 1. The first-order valence-electron chi connectivity index (χ1n) is 6.31. The Morgan fingerprint density at radius 2 is 2.27 bits per heavy atom. The van der Waals surface area contributed by atoms with E-state index in [9.17, 15) is 13.2 Å². The van der Waals surface area contributed by atoms with Crippen molar-refractivity contribution in [1.29, 1.82) is 5.26 Å². The van der Waals surface area contributed by atoms with Gasteiger partial charge in [-0.15, -0.1) is 0 Å². The number of alkyl halides is 3. The molecule has 0 amide bonds. The Labute approximate surface area is 130 Å². The average Bonchev–Trinajstić information content (AvgIpc) is 2.45. The van der Waals surface area contributed by atoms with Crippen molar-refractivity contribution >= 4 is 23.5 Å². The van der Waals surface area contributed by atoms with Crippen molar-refractivity contribution in [3.63, 3.8) is 0 Å². The number of aromatic nitrogens is 2. The molecule has 0 radical (unpaired) electrons. The third-order valence-corrected chi connectivity index (χ3v) is 3.24. The molecule has 0 bridgehead atoms. The number of thioether (sulfide) groups is 1. The zero-order chi connectivity index (χ0) is 16.4. The fourth-order valence-corrected chi connectivity index (χ4v) is 2.12. The monoisotopic (exact) mass is 332 g/mol. The molecule has 22 heavy (non-hydrogen) atoms. The summed E-state index contributed by atoms with van der Waals surface area (Å²) in [6, 6.07) is 3.54. The van der Waals surface area contributed by atoms with Crippen molar-refractivity contribution < 1.29 is 13.2 Å². The van der Waals surface area contributed by atoms with E-state index in [4.69, 9.17) is 11.0 Å². The highest BCUT2D eigenvalue weighted by Crippen LogP contribution is 2.14. The maximum atomic E-state index is 12.0. The van der Waals surface area contributed by atoms with E-state index in [-0.39, 0.29) is 11.8 Å². The summed E-state index contributed by atoms with van der Waals surface area (Å²) in [5.74, 6) is 1.80. The van der Waals surface area contributed by atoms with E-state index in [0.717, 1.165) is 12.2 Å². The molecule has 0 saturated carbocycles. The standard InChI is InChI=1S/C12H15F3N6S/c13-12(14,15)8-19-11(17)21-9-3-5-18-10(20-9)7-22-6-2-1-4-16/h3,5H,1-2,6-8H2,(H3,17,18,19,20,21). The van der Waals surface area contributed by atoms with Gasteiger partial charge in [-0.3, -0.25) is 0 Å². The topological polar surface area (TPSA) is 100.0 Å². The minimum absolute atomic E-state index is 0.283. The number of rotatable bonds is 7. The second-order valence-corrected chi connectivity index (χ2v) is 5.22. The third-order valence-electron chi connectivity index (χ3n) is 2.20. The van der Waals surface area contributed by atoms with Crippen LogP contribution >= 0.6 is 11.8 Å². The normalized spacial score (nSPS) is 12.0. The number of aliphatic imine (C=N–C) groups is 1. The van der Waals surface area contributed by atoms with E-state index in [1.54, 1.807) is 11.8 Å². The van der Waals surface area contributed by atoms with Crippen LogP contribution < -0.4 is 11.1 Å². The van der Waals surface area contributed by atoms with Gasteiger partial charge in [-0.05, 0) is 18.2 Å². The van der Waals surface area contributed by atoms with Crippen LogP contribution in [0.3, 0.4) is 0 Å². The minimum Gasteiger partial charge on any atom is -0.370 e. The van der Waals surface area contributed by atoms with Crippen molar-refractivity contribution in [2.24, 2.45) is 10.7 Å². The summed E-state index contributed by atoms with van der Waals surface area (Å²) in [4.78, 5) is 11.4. The number of nitrogens with zero attached hydrogens (tertiary/aromatic N) is 4. The van der Waals surface area contributed by atoms with Gasteiger partial charge in [0.1, 0.15) is 18.2 Å². The first kappa shape index (κ1) is 18.0. The van der Waals surface area contributed by atoms with Crippen molar-refractivity contribution in [2.75, 3.05) is 17.6 Å². The molecule has 0 fully saturated rings. The summed E-state index contributed by atoms with van der Waals surface area (Å²) in [5, 5.41) is 10.9. The summed E-state index contributed by atoms with van der Waals surface area (Å²) in [6.45, 7) is -1.35. The lowest BCUT2D eigenvalue weighted by atomic mass is 10.4. The zero-order valence-electron chi connectivity index (χ0n) is 11.6. The fraction of sp³-hybridized carbons (Fsp3) is 0.500. The zero-order valence-corrected chi connectivity index (χ0v) is 12.4. The van der Waals surface area contributed by atoms with Crippen LogP contribution in [0.25, 0.3) is 0 Å². The van der Waals surface area contributed by atoms with Gasteiger partial charge in [-0.1, -0.05) is 0 Å². The van der Waals surface area contributed by atoms with Gasteiger partial charge in [0.25, 0.3) is 0 Å². The van der Waals surface area contributed by atoms with Crippen molar-refractivity contribution in [3.8, 4) is 6.07 Å². The molecule has 0 aliphatic heterocycles. The highest BCUT2D eigenvalue weighted by atomic mass is 32.2. The van der Waals surface area contributed by atoms with Crippen LogP contribution in [0.4, 0.5) is 19.0 Å². The molecule has 1 rings (SSSR count). The molecule has 0 spiro atoms. The Balaban J connectivity index is 2.48. The molecule has 0 aliphatic carbocycles. The Morgan fingerprint density at radius 3 is 2.95 bits per heavy atom. The van der Waals surface area contributed by atoms with E-state index >= 15 is 0 Å². The summed E-state index contributed by atoms with van der Waals surface area (Å²) in [5.41, 5.74) is 5.36. The maximum absolute atomic E-state index is 12.0. The lowest BCUT2D eigenvalue weighted by molar-refractivity contribution is -0.118. The summed E-state index contributed by atoms with van der Waals surface area (Å²) < 4.78 is 36.0. The van der Waals surface area contributed by atoms with Crippen LogP contribution in [0.1, 0.15) is 18.7 Å². The van der Waals surface area contributed by atoms with E-state index in [1.807, 2.05) is 0 Å². The highest BCUT2D eigenvalue weighted by molar-refractivity contribution is 7.98. The Bertz CT molecular complexity index is 540. The summed E-state index contributed by atoms with van der Waals surface area (Å²) in [6.07, 6.45) is -1.63. The van der Waals surface area contributed by atoms with E-state index < -0.39 is 12.7 Å². The molecule has 0 aromatic carbocycles. The van der Waals surface area contributed by atoms with Gasteiger partial charge >= 0.3 is 6.18 Å². The number of anilines is 1. The van der Waals surface area contributed by atoms with Crippen LogP contribution in [0.5, 0.6) is 0 Å². The maximum Gasteiger partial charge on any atom is 0.408 e. The number of nitrogens with one attached hydrogen (secondary N) is 1. The van der Waals surface area contributed by atoms with Gasteiger partial charge in [0.15, 0.2) is 5.96 Å². The molecule has 0 unspecified atom stereocenters. The van der Waals surface area contributed by atoms with E-state index in [2.05, 4.69) is 26.3 Å². The van der Waals surface area contributed by atoms with Gasteiger partial charge in [0.2, 0.25) is 0 Å². The number of nitriles is 1. The van der Waals surface area contributed by atoms with E-state index in [1.165, 1.54) is 12.3 Å². The second-order valence-electron chi connectivity index (χ2n) is 4.11. The molecular formula is C12H15F3N6S. The quantitative estimate of drug-likeness (QED) is 0.451. The number of hydrogen-bond acceptors (Lipinski definition) is 5. The summed E-state index contributed by atoms with van der Waals surface area (Å²) in [7, 11) is 0. The Kier molecular flexibility index (Phi) is 7.45. The number of halogens is 3. The molecule has 1 heterocycles. The minimum atomic E-state index is -4.40. The first-order valence-corrected chi connectivity index (χ1v) is 7.46. The summed E-state index contributed by atoms with van der Waals surface area (Å²) >= 11 is 1.57. The van der Waals surface area contributed by atoms with Gasteiger partial charge in [-0.25, -0.2) is 15.0 Å². The second kappa shape index (κ2) is 9.09. The lowest BCUT2D eigenvalue weighted by Gasteiger charge is -2.07. The number of hydrogen-bond donors (Lipinski definition) is 2. The van der Waals surface area contributed by atoms with Crippen LogP contribution in [-0.4, -0.2) is 34.4 Å². The van der Waals surface area contributed by atoms with Crippen molar-refractivity contribution in [1.82, 2.24) is 9.97 Å². The van der Waals surface area contributed by atoms with Crippen LogP contribution in [0.2, 0.25) is 0 Å². The SMILES string of the molecule is N#CCCCSCc1nccc(NC(N)=NCC(F)(F)F)n1. The number of unbranched alkanes of at least 4 members (excludes halogenated alkanes) is 1. The fourth-order valence-electron chi connectivity index (χ4n) is 1.30. The highest BCUT2D eigenvalue weighted by Gasteiger charge is 2.26. The third kappa shape index (κ3) is 8.31. The van der Waals surface area contributed by atoms with Crippen LogP contribution in [-0.2, 0) is 5.75 Å². The largest absolute Gasteiger partial charge is 0.408 e. The lowest BCUT2D eigenvalue weighted by Crippen LogP contribution is -2.26. The molecule has 3 N–H and O–H groups in total. The average molecular weight is 332 g/mol. The van der Waals surface area contributed by atoms with Crippen LogP contribution in [0.15, 0.2) is 17.3 Å². The van der Waals surface area contributed by atoms with Crippen molar-refractivity contribution in [3.05, 3.63) is 18.1 Å². The van der Waals surface area contributed by atoms with Crippen LogP contribution in [0, 0.1) is 11.3 Å². The molecule has 10 heteroatoms. The predicted molar refractivity (Wildman–Crippen MR) is 79.2 cm³/mol. The molecule has 0 atom stereocenters. The number of guanidine groups is 1. The van der Waals surface area contributed by atoms with Gasteiger partial charge in [0, 0.05) is 12.6 Å². The Morgan fingerprint density at radius 1 is 1.50 bits per heavy atom. The molecule has 0 saturated heterocycles. The van der Waals surface area contributed by atoms with Gasteiger partial charge in [-0.2, -0.15) is 30.2 Å². The molecule has 120 valence electrons. The molecule has 6 nitrogen and oxygen atoms in total. The Hall–Kier alpha value is -2.02. The molecule has 1 aromatic heterocycles. The smallest absolute Gasteiger partial charge is 0.370 e.